The summed E-state index contributed by atoms with van der Waals surface area (Å²) in [5, 5.41) is 14.0. The van der Waals surface area contributed by atoms with Crippen LogP contribution < -0.4 is 15.0 Å². The average molecular weight is 489 g/mol. The number of nitro benzene ring substituents is 1. The van der Waals surface area contributed by atoms with Crippen molar-refractivity contribution >= 4 is 28.9 Å². The first-order chi connectivity index (χ1) is 17.4. The second kappa shape index (κ2) is 10.9. The molecule has 186 valence electrons. The van der Waals surface area contributed by atoms with Gasteiger partial charge in [-0.25, -0.2) is 0 Å². The van der Waals surface area contributed by atoms with E-state index in [-0.39, 0.29) is 22.9 Å². The number of benzene rings is 3. The molecule has 9 heteroatoms. The van der Waals surface area contributed by atoms with Gasteiger partial charge in [0.1, 0.15) is 0 Å². The minimum absolute atomic E-state index is 0.0501. The Hall–Kier alpha value is -4.40. The van der Waals surface area contributed by atoms with Crippen molar-refractivity contribution in [3.8, 4) is 5.75 Å². The minimum atomic E-state index is -0.584. The van der Waals surface area contributed by atoms with Crippen LogP contribution in [0.25, 0.3) is 0 Å². The Labute approximate surface area is 209 Å². The Morgan fingerprint density at radius 3 is 2.17 bits per heavy atom. The summed E-state index contributed by atoms with van der Waals surface area (Å²) in [5.41, 5.74) is 3.39. The summed E-state index contributed by atoms with van der Waals surface area (Å²) in [5.74, 6) is -0.307. The molecule has 1 saturated heterocycles. The molecule has 0 aromatic heterocycles. The van der Waals surface area contributed by atoms with Crippen molar-refractivity contribution in [1.82, 2.24) is 4.90 Å². The van der Waals surface area contributed by atoms with Gasteiger partial charge in [-0.3, -0.25) is 19.7 Å². The van der Waals surface area contributed by atoms with Gasteiger partial charge in [-0.05, 0) is 60.5 Å². The first-order valence-electron chi connectivity index (χ1n) is 11.8. The standard InChI is InChI=1S/C27H28N4O5/c1-3-19-4-6-20(7-5-19)27(33)30-16-14-29(15-17-30)23-11-9-22(10-12-23)28-26(32)21-8-13-25(36-2)24(18-21)31(34)35/h4-13,18H,3,14-17H2,1-2H3,(H,28,32). The zero-order valence-corrected chi connectivity index (χ0v) is 20.3. The van der Waals surface area contributed by atoms with E-state index in [0.717, 1.165) is 12.1 Å². The predicted octanol–water partition coefficient (Wildman–Crippen LogP) is 4.38. The smallest absolute Gasteiger partial charge is 0.311 e. The maximum absolute atomic E-state index is 12.8. The van der Waals surface area contributed by atoms with Gasteiger partial charge in [0.15, 0.2) is 5.75 Å². The number of rotatable bonds is 7. The molecule has 2 amide bonds. The number of nitrogens with zero attached hydrogens (tertiary/aromatic N) is 3. The minimum Gasteiger partial charge on any atom is -0.490 e. The fourth-order valence-electron chi connectivity index (χ4n) is 4.17. The molecule has 0 radical (unpaired) electrons. The molecule has 0 saturated carbocycles. The quantitative estimate of drug-likeness (QED) is 0.391. The Morgan fingerprint density at radius 2 is 1.58 bits per heavy atom. The van der Waals surface area contributed by atoms with E-state index in [9.17, 15) is 19.7 Å². The lowest BCUT2D eigenvalue weighted by molar-refractivity contribution is -0.385. The number of carbonyl (C=O) groups excluding carboxylic acids is 2. The van der Waals surface area contributed by atoms with E-state index in [1.54, 1.807) is 12.1 Å². The number of ether oxygens (including phenoxy) is 1. The van der Waals surface area contributed by atoms with Crippen LogP contribution in [-0.4, -0.2) is 54.9 Å². The second-order valence-corrected chi connectivity index (χ2v) is 8.47. The summed E-state index contributed by atoms with van der Waals surface area (Å²) in [4.78, 5) is 40.1. The van der Waals surface area contributed by atoms with Crippen molar-refractivity contribution in [2.75, 3.05) is 43.5 Å². The maximum Gasteiger partial charge on any atom is 0.311 e. The molecule has 1 heterocycles. The Bertz CT molecular complexity index is 1250. The van der Waals surface area contributed by atoms with Gasteiger partial charge < -0.3 is 19.9 Å². The van der Waals surface area contributed by atoms with Gasteiger partial charge in [0, 0.05) is 54.7 Å². The molecule has 3 aromatic carbocycles. The molecule has 9 nitrogen and oxygen atoms in total. The molecule has 0 spiro atoms. The van der Waals surface area contributed by atoms with Crippen molar-refractivity contribution in [3.05, 3.63) is 93.5 Å². The van der Waals surface area contributed by atoms with Gasteiger partial charge in [0.2, 0.25) is 0 Å². The molecule has 0 bridgehead atoms. The van der Waals surface area contributed by atoms with E-state index >= 15 is 0 Å². The topological polar surface area (TPSA) is 105 Å². The average Bonchev–Trinajstić information content (AvgIpc) is 2.92. The largest absolute Gasteiger partial charge is 0.490 e. The molecule has 1 aliphatic heterocycles. The van der Waals surface area contributed by atoms with Gasteiger partial charge in [-0.15, -0.1) is 0 Å². The zero-order valence-electron chi connectivity index (χ0n) is 20.3. The maximum atomic E-state index is 12.8. The van der Waals surface area contributed by atoms with E-state index in [1.165, 1.54) is 30.9 Å². The van der Waals surface area contributed by atoms with Crippen molar-refractivity contribution in [2.24, 2.45) is 0 Å². The molecule has 1 aliphatic rings. The lowest BCUT2D eigenvalue weighted by atomic mass is 10.1. The van der Waals surface area contributed by atoms with E-state index in [0.29, 0.717) is 37.4 Å². The van der Waals surface area contributed by atoms with Gasteiger partial charge in [0.25, 0.3) is 11.8 Å². The molecule has 0 atom stereocenters. The van der Waals surface area contributed by atoms with Crippen LogP contribution in [0, 0.1) is 10.1 Å². The van der Waals surface area contributed by atoms with Crippen LogP contribution >= 0.6 is 0 Å². The Morgan fingerprint density at radius 1 is 0.944 bits per heavy atom. The first-order valence-corrected chi connectivity index (χ1v) is 11.8. The summed E-state index contributed by atoms with van der Waals surface area (Å²) >= 11 is 0. The molecular formula is C27H28N4O5. The molecule has 1 N–H and O–H groups in total. The number of anilines is 2. The number of piperazine rings is 1. The highest BCUT2D eigenvalue weighted by molar-refractivity contribution is 6.05. The number of hydrogen-bond acceptors (Lipinski definition) is 6. The van der Waals surface area contributed by atoms with Crippen LogP contribution in [-0.2, 0) is 6.42 Å². The zero-order chi connectivity index (χ0) is 25.7. The van der Waals surface area contributed by atoms with Crippen LogP contribution in [0.1, 0.15) is 33.2 Å². The summed E-state index contributed by atoms with van der Waals surface area (Å²) in [6.45, 7) is 4.76. The number of amides is 2. The summed E-state index contributed by atoms with van der Waals surface area (Å²) < 4.78 is 4.98. The number of methoxy groups -OCH3 is 1. The molecule has 0 aliphatic carbocycles. The lowest BCUT2D eigenvalue weighted by Crippen LogP contribution is -2.48. The van der Waals surface area contributed by atoms with Crippen LogP contribution in [0.15, 0.2) is 66.7 Å². The van der Waals surface area contributed by atoms with E-state index in [1.807, 2.05) is 41.3 Å². The van der Waals surface area contributed by atoms with Crippen molar-refractivity contribution in [2.45, 2.75) is 13.3 Å². The van der Waals surface area contributed by atoms with E-state index in [2.05, 4.69) is 17.1 Å². The van der Waals surface area contributed by atoms with Crippen LogP contribution in [0.5, 0.6) is 5.75 Å². The van der Waals surface area contributed by atoms with Gasteiger partial charge in [-0.1, -0.05) is 19.1 Å². The summed E-state index contributed by atoms with van der Waals surface area (Å²) in [6, 6.07) is 19.3. The monoisotopic (exact) mass is 488 g/mol. The van der Waals surface area contributed by atoms with Gasteiger partial charge >= 0.3 is 5.69 Å². The van der Waals surface area contributed by atoms with Gasteiger partial charge in [-0.2, -0.15) is 0 Å². The number of carbonyl (C=O) groups is 2. The fourth-order valence-corrected chi connectivity index (χ4v) is 4.17. The highest BCUT2D eigenvalue weighted by Gasteiger charge is 2.23. The predicted molar refractivity (Wildman–Crippen MR) is 138 cm³/mol. The second-order valence-electron chi connectivity index (χ2n) is 8.47. The summed E-state index contributed by atoms with van der Waals surface area (Å²) in [6.07, 6.45) is 0.944. The Balaban J connectivity index is 1.34. The molecule has 36 heavy (non-hydrogen) atoms. The van der Waals surface area contributed by atoms with Crippen molar-refractivity contribution in [3.63, 3.8) is 0 Å². The summed E-state index contributed by atoms with van der Waals surface area (Å²) in [7, 11) is 1.34. The van der Waals surface area contributed by atoms with E-state index in [4.69, 9.17) is 4.74 Å². The van der Waals surface area contributed by atoms with Crippen LogP contribution in [0.3, 0.4) is 0 Å². The third kappa shape index (κ3) is 5.46. The SMILES string of the molecule is CCc1ccc(C(=O)N2CCN(c3ccc(NC(=O)c4ccc(OC)c([N+](=O)[O-])c4)cc3)CC2)cc1. The number of nitrogens with one attached hydrogen (secondary N) is 1. The van der Waals surface area contributed by atoms with Crippen LogP contribution in [0.2, 0.25) is 0 Å². The third-order valence-corrected chi connectivity index (χ3v) is 6.30. The molecule has 1 fully saturated rings. The number of aryl methyl sites for hydroxylation is 1. The lowest BCUT2D eigenvalue weighted by Gasteiger charge is -2.36. The molecule has 4 rings (SSSR count). The first kappa shape index (κ1) is 24.7. The van der Waals surface area contributed by atoms with Crippen LogP contribution in [0.4, 0.5) is 17.1 Å². The third-order valence-electron chi connectivity index (χ3n) is 6.30. The number of nitro groups is 1. The Kier molecular flexibility index (Phi) is 7.48. The fraction of sp³-hybridized carbons (Fsp3) is 0.259. The molecule has 3 aromatic rings. The highest BCUT2D eigenvalue weighted by Crippen LogP contribution is 2.28. The van der Waals surface area contributed by atoms with Crippen molar-refractivity contribution in [1.29, 1.82) is 0 Å². The van der Waals surface area contributed by atoms with Crippen molar-refractivity contribution < 1.29 is 19.2 Å². The van der Waals surface area contributed by atoms with Gasteiger partial charge in [0.05, 0.1) is 12.0 Å². The normalized spacial score (nSPS) is 13.3. The number of hydrogen-bond donors (Lipinski definition) is 1. The van der Waals surface area contributed by atoms with E-state index < -0.39 is 10.8 Å². The highest BCUT2D eigenvalue weighted by atomic mass is 16.6. The molecular weight excluding hydrogens is 460 g/mol. The molecule has 0 unspecified atom stereocenters.